The summed E-state index contributed by atoms with van der Waals surface area (Å²) in [6.07, 6.45) is 5.65. The number of anilines is 4. The first-order valence-electron chi connectivity index (χ1n) is 21.8. The average Bonchev–Trinajstić information content (AvgIpc) is 3.96. The molecule has 3 amide bonds. The fraction of sp³-hybridized carbons (Fsp3) is 0.314. The van der Waals surface area contributed by atoms with Gasteiger partial charge in [0.05, 0.1) is 36.5 Å². The number of likely N-dealkylation sites (N-methyl/N-ethyl adjacent to an activating group) is 1. The number of amides is 3. The summed E-state index contributed by atoms with van der Waals surface area (Å²) >= 11 is 0. The van der Waals surface area contributed by atoms with Crippen LogP contribution in [0.4, 0.5) is 22.9 Å². The Bertz CT molecular complexity index is 2770. The number of hydrogen-bond acceptors (Lipinski definition) is 9. The van der Waals surface area contributed by atoms with Gasteiger partial charge < -0.3 is 44.4 Å². The molecule has 2 aromatic heterocycles. The molecule has 8 rings (SSSR count). The van der Waals surface area contributed by atoms with Crippen molar-refractivity contribution >= 4 is 46.4 Å². The number of para-hydroxylation sites is 1. The molecule has 0 aliphatic carbocycles. The number of Topliss-reactive ketones (excluding diaryl/α,β-unsaturated/α-hetero) is 1. The van der Waals surface area contributed by atoms with Gasteiger partial charge in [-0.1, -0.05) is 68.4 Å². The lowest BCUT2D eigenvalue weighted by atomic mass is 9.86. The van der Waals surface area contributed by atoms with Crippen molar-refractivity contribution in [3.05, 3.63) is 137 Å². The van der Waals surface area contributed by atoms with Crippen LogP contribution in [-0.2, 0) is 38.3 Å². The van der Waals surface area contributed by atoms with Crippen molar-refractivity contribution in [2.45, 2.75) is 52.2 Å². The van der Waals surface area contributed by atoms with Gasteiger partial charge in [0.1, 0.15) is 6.61 Å². The lowest BCUT2D eigenvalue weighted by Crippen LogP contribution is -2.41. The highest BCUT2D eigenvalue weighted by Crippen LogP contribution is 2.42. The quantitative estimate of drug-likeness (QED) is 0.0832. The van der Waals surface area contributed by atoms with E-state index in [9.17, 15) is 19.2 Å². The van der Waals surface area contributed by atoms with Crippen LogP contribution in [0.15, 0.2) is 103 Å². The van der Waals surface area contributed by atoms with Crippen molar-refractivity contribution in [3.63, 3.8) is 0 Å². The molecule has 0 bridgehead atoms. The van der Waals surface area contributed by atoms with E-state index in [-0.39, 0.29) is 53.7 Å². The Labute approximate surface area is 379 Å². The van der Waals surface area contributed by atoms with Crippen LogP contribution >= 0.6 is 0 Å². The third kappa shape index (κ3) is 9.68. The number of methoxy groups -OCH3 is 1. The molecule has 0 saturated heterocycles. The summed E-state index contributed by atoms with van der Waals surface area (Å²) < 4.78 is 15.5. The second-order valence-corrected chi connectivity index (χ2v) is 17.8. The minimum absolute atomic E-state index is 0.0210. The number of hydrogen-bond donors (Lipinski definition) is 3. The maximum absolute atomic E-state index is 14.0. The van der Waals surface area contributed by atoms with Gasteiger partial charge in [0, 0.05) is 69.5 Å². The zero-order valence-electron chi connectivity index (χ0n) is 38.0. The van der Waals surface area contributed by atoms with Crippen LogP contribution in [0.3, 0.4) is 0 Å². The second-order valence-electron chi connectivity index (χ2n) is 17.8. The summed E-state index contributed by atoms with van der Waals surface area (Å²) in [5.41, 5.74) is 8.15. The largest absolute Gasteiger partial charge is 0.493 e. The van der Waals surface area contributed by atoms with E-state index in [1.165, 1.54) is 5.56 Å². The maximum Gasteiger partial charge on any atom is 0.291 e. The van der Waals surface area contributed by atoms with Gasteiger partial charge in [-0.05, 0) is 84.4 Å². The van der Waals surface area contributed by atoms with Gasteiger partial charge in [-0.2, -0.15) is 0 Å². The van der Waals surface area contributed by atoms with Crippen LogP contribution in [0.5, 0.6) is 11.5 Å². The van der Waals surface area contributed by atoms with Gasteiger partial charge in [-0.25, -0.2) is 4.98 Å². The number of ether oxygens (including phenoxy) is 2. The first-order valence-corrected chi connectivity index (χ1v) is 21.8. The molecule has 2 aliphatic rings. The summed E-state index contributed by atoms with van der Waals surface area (Å²) in [5, 5.41) is 8.91. The monoisotopic (exact) mass is 876 g/mol. The molecule has 65 heavy (non-hydrogen) atoms. The van der Waals surface area contributed by atoms with E-state index in [4.69, 9.17) is 9.47 Å². The van der Waals surface area contributed by atoms with E-state index in [1.54, 1.807) is 43.1 Å². The Morgan fingerprint density at radius 3 is 2.37 bits per heavy atom. The van der Waals surface area contributed by atoms with Crippen molar-refractivity contribution in [3.8, 4) is 22.6 Å². The van der Waals surface area contributed by atoms with Crippen LogP contribution in [0.1, 0.15) is 74.8 Å². The van der Waals surface area contributed by atoms with E-state index < -0.39 is 5.91 Å². The molecule has 0 radical (unpaired) electrons. The van der Waals surface area contributed by atoms with Gasteiger partial charge in [-0.3, -0.25) is 19.2 Å². The number of nitrogens with zero attached hydrogens (tertiary/aromatic N) is 5. The number of benzene rings is 4. The van der Waals surface area contributed by atoms with Crippen molar-refractivity contribution < 1.29 is 28.7 Å². The number of carbonyl (C=O) groups excluding carboxylic acids is 4. The van der Waals surface area contributed by atoms with Crippen molar-refractivity contribution in [1.29, 1.82) is 0 Å². The molecule has 4 aromatic carbocycles. The van der Waals surface area contributed by atoms with Gasteiger partial charge >= 0.3 is 0 Å². The average molecular weight is 877 g/mol. The summed E-state index contributed by atoms with van der Waals surface area (Å²) in [5.74, 6) is 0.655. The second kappa shape index (κ2) is 18.5. The molecular formula is C51H56N8O6. The molecule has 6 aromatic rings. The van der Waals surface area contributed by atoms with E-state index in [0.717, 1.165) is 53.0 Å². The minimum Gasteiger partial charge on any atom is -0.493 e. The standard InChI is InChI=1S/C51H56N8O6/c1-51(2,31-52-3)20-19-43(60)42-24-36(27-56(42)4)34-15-17-37(18-16-34)53-49(62)48-55-46(29-58(48)6)54-47(61)22-32-11-10-12-33(21-32)30-65-45-26-41-39(25-44(45)64-7)50(63)59-38(28-57(41)5)23-35-13-8-9-14-40(35)59/h8-18,21,24-27,29,38,52H,19-20,22-23,28,30-31H2,1-7H3,(H,53,62)(H,54,61)/t38-/m0/s1. The smallest absolute Gasteiger partial charge is 0.291 e. The molecule has 0 unspecified atom stereocenters. The molecule has 1 atom stereocenters. The van der Waals surface area contributed by atoms with Crippen LogP contribution in [0.2, 0.25) is 0 Å². The maximum atomic E-state index is 14.0. The van der Waals surface area contributed by atoms with Crippen LogP contribution in [-0.4, -0.2) is 78.0 Å². The fourth-order valence-electron chi connectivity index (χ4n) is 8.91. The molecular weight excluding hydrogens is 821 g/mol. The SMILES string of the molecule is CNCC(C)(C)CCC(=O)c1cc(-c2ccc(NC(=O)c3nc(NC(=O)Cc4cccc(COc5cc6c(cc5OC)C(=O)N5c7ccccc7C[C@H]5CN6C)c4)cn3C)cc2)cn1C. The number of rotatable bonds is 16. The third-order valence-electron chi connectivity index (χ3n) is 12.2. The molecule has 3 N–H and O–H groups in total. The number of aryl methyl sites for hydroxylation is 2. The van der Waals surface area contributed by atoms with Gasteiger partial charge in [0.15, 0.2) is 23.1 Å². The molecule has 14 nitrogen and oxygen atoms in total. The predicted octanol–water partition coefficient (Wildman–Crippen LogP) is 7.68. The third-order valence-corrected chi connectivity index (χ3v) is 12.2. The summed E-state index contributed by atoms with van der Waals surface area (Å²) in [6, 6.07) is 28.6. The van der Waals surface area contributed by atoms with Crippen molar-refractivity contribution in [2.75, 3.05) is 54.7 Å². The molecule has 14 heteroatoms. The first kappa shape index (κ1) is 44.4. The fourth-order valence-corrected chi connectivity index (χ4v) is 8.91. The number of nitrogens with one attached hydrogen (secondary N) is 3. The normalized spacial score (nSPS) is 14.3. The number of aromatic nitrogens is 3. The first-order chi connectivity index (χ1) is 31.2. The Morgan fingerprint density at radius 1 is 0.831 bits per heavy atom. The Hall–Kier alpha value is -7.19. The predicted molar refractivity (Wildman–Crippen MR) is 253 cm³/mol. The van der Waals surface area contributed by atoms with Gasteiger partial charge in [0.25, 0.3) is 11.8 Å². The number of fused-ring (bicyclic) bond motifs is 4. The number of carbonyl (C=O) groups is 4. The Morgan fingerprint density at radius 2 is 1.60 bits per heavy atom. The molecule has 336 valence electrons. The highest BCUT2D eigenvalue weighted by atomic mass is 16.5. The Kier molecular flexibility index (Phi) is 12.6. The zero-order chi connectivity index (χ0) is 46.0. The molecule has 0 spiro atoms. The zero-order valence-corrected chi connectivity index (χ0v) is 38.0. The minimum atomic E-state index is -0.433. The number of ketones is 1. The van der Waals surface area contributed by atoms with Crippen LogP contribution < -0.4 is 35.2 Å². The summed E-state index contributed by atoms with van der Waals surface area (Å²) in [6.45, 7) is 6.02. The molecule has 2 aliphatic heterocycles. The lowest BCUT2D eigenvalue weighted by molar-refractivity contribution is -0.115. The molecule has 0 saturated carbocycles. The van der Waals surface area contributed by atoms with E-state index in [1.807, 2.05) is 104 Å². The van der Waals surface area contributed by atoms with E-state index >= 15 is 0 Å². The number of imidazole rings is 1. The van der Waals surface area contributed by atoms with Gasteiger partial charge in [0.2, 0.25) is 11.7 Å². The molecule has 4 heterocycles. The summed E-state index contributed by atoms with van der Waals surface area (Å²) in [4.78, 5) is 62.1. The van der Waals surface area contributed by atoms with Crippen molar-refractivity contribution in [2.24, 2.45) is 19.5 Å². The van der Waals surface area contributed by atoms with Crippen molar-refractivity contribution in [1.82, 2.24) is 19.4 Å². The summed E-state index contributed by atoms with van der Waals surface area (Å²) in [7, 11) is 9.05. The van der Waals surface area contributed by atoms with E-state index in [0.29, 0.717) is 41.4 Å². The highest BCUT2D eigenvalue weighted by molar-refractivity contribution is 6.12. The van der Waals surface area contributed by atoms with E-state index in [2.05, 4.69) is 45.7 Å². The van der Waals surface area contributed by atoms with Crippen LogP contribution in [0, 0.1) is 5.41 Å². The Balaban J connectivity index is 0.857. The lowest BCUT2D eigenvalue weighted by Gasteiger charge is -2.25. The highest BCUT2D eigenvalue weighted by Gasteiger charge is 2.39. The molecule has 0 fully saturated rings. The van der Waals surface area contributed by atoms with Gasteiger partial charge in [-0.15, -0.1) is 0 Å². The topological polar surface area (TPSA) is 152 Å². The van der Waals surface area contributed by atoms with Crippen LogP contribution in [0.25, 0.3) is 11.1 Å².